The first-order chi connectivity index (χ1) is 9.91. The largest absolute Gasteiger partial charge is 0.313 e. The van der Waals surface area contributed by atoms with Gasteiger partial charge < -0.3 is 5.32 Å². The zero-order chi connectivity index (χ0) is 15.5. The van der Waals surface area contributed by atoms with Gasteiger partial charge in [0.05, 0.1) is 0 Å². The number of nitrogens with one attached hydrogen (secondary N) is 1. The van der Waals surface area contributed by atoms with Crippen LogP contribution < -0.4 is 5.32 Å². The van der Waals surface area contributed by atoms with Gasteiger partial charge in [-0.3, -0.25) is 0 Å². The Morgan fingerprint density at radius 3 is 2.43 bits per heavy atom. The summed E-state index contributed by atoms with van der Waals surface area (Å²) >= 11 is 0. The second-order valence-corrected chi connectivity index (χ2v) is 8.11. The van der Waals surface area contributed by atoms with Crippen molar-refractivity contribution in [3.63, 3.8) is 0 Å². The van der Waals surface area contributed by atoms with Gasteiger partial charge in [0.15, 0.2) is 0 Å². The zero-order valence-corrected chi connectivity index (χ0v) is 14.6. The molecule has 1 heteroatoms. The molecule has 2 rings (SSSR count). The molecule has 1 unspecified atom stereocenters. The normalized spacial score (nSPS) is 20.7. The number of hydrogen-bond acceptors (Lipinski definition) is 1. The van der Waals surface area contributed by atoms with E-state index in [1.165, 1.54) is 43.2 Å². The van der Waals surface area contributed by atoms with E-state index in [0.29, 0.717) is 11.5 Å². The van der Waals surface area contributed by atoms with E-state index in [1.807, 2.05) is 0 Å². The molecule has 0 saturated heterocycles. The molecule has 1 atom stereocenters. The molecule has 0 bridgehead atoms. The van der Waals surface area contributed by atoms with Crippen molar-refractivity contribution in [1.29, 1.82) is 0 Å². The Morgan fingerprint density at radius 2 is 1.86 bits per heavy atom. The summed E-state index contributed by atoms with van der Waals surface area (Å²) in [5.74, 6) is 1.51. The molecule has 0 heterocycles. The fourth-order valence-electron chi connectivity index (χ4n) is 3.81. The van der Waals surface area contributed by atoms with Gasteiger partial charge in [0.1, 0.15) is 0 Å². The van der Waals surface area contributed by atoms with E-state index in [4.69, 9.17) is 0 Å². The van der Waals surface area contributed by atoms with Gasteiger partial charge in [0.25, 0.3) is 0 Å². The van der Waals surface area contributed by atoms with Crippen molar-refractivity contribution in [1.82, 2.24) is 5.32 Å². The summed E-state index contributed by atoms with van der Waals surface area (Å²) in [5, 5.41) is 3.60. The second kappa shape index (κ2) is 6.96. The maximum Gasteiger partial charge on any atom is 0.0346 e. The summed E-state index contributed by atoms with van der Waals surface area (Å²) in [4.78, 5) is 0. The topological polar surface area (TPSA) is 12.0 Å². The van der Waals surface area contributed by atoms with Gasteiger partial charge in [-0.1, -0.05) is 52.0 Å². The molecule has 0 radical (unpaired) electrons. The van der Waals surface area contributed by atoms with Crippen LogP contribution in [0.2, 0.25) is 0 Å². The molecular weight excluding hydrogens is 254 g/mol. The van der Waals surface area contributed by atoms with Crippen LogP contribution in [0.5, 0.6) is 0 Å². The Hall–Kier alpha value is -0.820. The highest BCUT2D eigenvalue weighted by molar-refractivity contribution is 5.27. The van der Waals surface area contributed by atoms with Crippen LogP contribution in [0.4, 0.5) is 0 Å². The number of rotatable bonds is 5. The molecule has 0 aliphatic heterocycles. The maximum atomic E-state index is 3.60. The molecule has 1 fully saturated rings. The van der Waals surface area contributed by atoms with Crippen molar-refractivity contribution in [2.24, 2.45) is 17.3 Å². The van der Waals surface area contributed by atoms with Crippen LogP contribution in [0, 0.1) is 17.3 Å². The lowest BCUT2D eigenvalue weighted by atomic mass is 9.70. The molecule has 1 aliphatic rings. The Kier molecular flexibility index (Phi) is 5.48. The quantitative estimate of drug-likeness (QED) is 0.768. The lowest BCUT2D eigenvalue weighted by Crippen LogP contribution is -2.31. The summed E-state index contributed by atoms with van der Waals surface area (Å²) < 4.78 is 0. The fourth-order valence-corrected chi connectivity index (χ4v) is 3.81. The first-order valence-electron chi connectivity index (χ1n) is 8.67. The molecule has 1 aromatic carbocycles. The van der Waals surface area contributed by atoms with Crippen LogP contribution in [0.3, 0.4) is 0 Å². The summed E-state index contributed by atoms with van der Waals surface area (Å²) in [6.45, 7) is 9.43. The predicted octanol–water partition coefficient (Wildman–Crippen LogP) is 5.36. The van der Waals surface area contributed by atoms with Crippen LogP contribution in [-0.2, 0) is 6.42 Å². The Morgan fingerprint density at radius 1 is 1.19 bits per heavy atom. The van der Waals surface area contributed by atoms with Crippen LogP contribution in [0.1, 0.15) is 70.5 Å². The standard InChI is InChI=1S/C20H33N/c1-15(2)13-16-7-6-8-18(14-16)19(21-5)17-9-11-20(3,4)12-10-17/h6-8,14-15,17,19,21H,9-13H2,1-5H3. The molecule has 118 valence electrons. The summed E-state index contributed by atoms with van der Waals surface area (Å²) in [6, 6.07) is 9.78. The van der Waals surface area contributed by atoms with Gasteiger partial charge >= 0.3 is 0 Å². The maximum absolute atomic E-state index is 3.60. The van der Waals surface area contributed by atoms with E-state index in [2.05, 4.69) is 64.3 Å². The van der Waals surface area contributed by atoms with Crippen LogP contribution in [0.25, 0.3) is 0 Å². The van der Waals surface area contributed by atoms with Crippen molar-refractivity contribution in [3.05, 3.63) is 35.4 Å². The molecular formula is C20H33N. The minimum atomic E-state index is 0.521. The molecule has 1 saturated carbocycles. The zero-order valence-electron chi connectivity index (χ0n) is 14.6. The number of hydrogen-bond donors (Lipinski definition) is 1. The van der Waals surface area contributed by atoms with E-state index in [-0.39, 0.29) is 0 Å². The molecule has 1 aliphatic carbocycles. The van der Waals surface area contributed by atoms with Gasteiger partial charge in [0, 0.05) is 6.04 Å². The average molecular weight is 287 g/mol. The third-order valence-corrected chi connectivity index (χ3v) is 5.12. The SMILES string of the molecule is CNC(c1cccc(CC(C)C)c1)C1CCC(C)(C)CC1. The summed E-state index contributed by atoms with van der Waals surface area (Å²) in [7, 11) is 2.12. The molecule has 0 aromatic heterocycles. The van der Waals surface area contributed by atoms with E-state index >= 15 is 0 Å². The first kappa shape index (κ1) is 16.5. The fraction of sp³-hybridized carbons (Fsp3) is 0.700. The minimum absolute atomic E-state index is 0.521. The van der Waals surface area contributed by atoms with E-state index in [1.54, 1.807) is 0 Å². The van der Waals surface area contributed by atoms with Gasteiger partial charge in [-0.2, -0.15) is 0 Å². The van der Waals surface area contributed by atoms with Crippen LogP contribution >= 0.6 is 0 Å². The summed E-state index contributed by atoms with van der Waals surface area (Å²) in [5.41, 5.74) is 3.52. The molecule has 1 nitrogen and oxygen atoms in total. The third-order valence-electron chi connectivity index (χ3n) is 5.12. The van der Waals surface area contributed by atoms with Crippen molar-refractivity contribution in [2.75, 3.05) is 7.05 Å². The van der Waals surface area contributed by atoms with E-state index in [0.717, 1.165) is 11.8 Å². The highest BCUT2D eigenvalue weighted by atomic mass is 14.9. The van der Waals surface area contributed by atoms with E-state index < -0.39 is 0 Å². The average Bonchev–Trinajstić information content (AvgIpc) is 2.41. The monoisotopic (exact) mass is 287 g/mol. The van der Waals surface area contributed by atoms with Gasteiger partial charge in [0.2, 0.25) is 0 Å². The van der Waals surface area contributed by atoms with Crippen LogP contribution in [-0.4, -0.2) is 7.05 Å². The lowest BCUT2D eigenvalue weighted by Gasteiger charge is -2.38. The second-order valence-electron chi connectivity index (χ2n) is 8.11. The van der Waals surface area contributed by atoms with Gasteiger partial charge in [-0.05, 0) is 67.5 Å². The van der Waals surface area contributed by atoms with Crippen molar-refractivity contribution >= 4 is 0 Å². The molecule has 1 N–H and O–H groups in total. The highest BCUT2D eigenvalue weighted by Gasteiger charge is 2.31. The Bertz CT molecular complexity index is 437. The van der Waals surface area contributed by atoms with E-state index in [9.17, 15) is 0 Å². The lowest BCUT2D eigenvalue weighted by molar-refractivity contribution is 0.164. The molecule has 21 heavy (non-hydrogen) atoms. The highest BCUT2D eigenvalue weighted by Crippen LogP contribution is 2.42. The molecule has 1 aromatic rings. The summed E-state index contributed by atoms with van der Waals surface area (Å²) in [6.07, 6.45) is 6.62. The van der Waals surface area contributed by atoms with Crippen LogP contribution in [0.15, 0.2) is 24.3 Å². The smallest absolute Gasteiger partial charge is 0.0346 e. The third kappa shape index (κ3) is 4.57. The van der Waals surface area contributed by atoms with Gasteiger partial charge in [-0.25, -0.2) is 0 Å². The van der Waals surface area contributed by atoms with Crippen molar-refractivity contribution in [2.45, 2.75) is 65.8 Å². The van der Waals surface area contributed by atoms with Gasteiger partial charge in [-0.15, -0.1) is 0 Å². The Balaban J connectivity index is 2.10. The van der Waals surface area contributed by atoms with Crippen molar-refractivity contribution < 1.29 is 0 Å². The minimum Gasteiger partial charge on any atom is -0.313 e. The number of benzene rings is 1. The molecule has 0 spiro atoms. The Labute approximate surface area is 131 Å². The first-order valence-corrected chi connectivity index (χ1v) is 8.67. The van der Waals surface area contributed by atoms with Crippen molar-refractivity contribution in [3.8, 4) is 0 Å². The molecule has 0 amide bonds. The predicted molar refractivity (Wildman–Crippen MR) is 92.5 cm³/mol.